The van der Waals surface area contributed by atoms with Gasteiger partial charge in [-0.1, -0.05) is 42.5 Å². The fraction of sp³-hybridized carbons (Fsp3) is 0.0645. The van der Waals surface area contributed by atoms with Crippen molar-refractivity contribution >= 4 is 38.6 Å². The van der Waals surface area contributed by atoms with E-state index in [-0.39, 0.29) is 0 Å². The Balaban J connectivity index is 1.41. The molecular formula is C31H18N4. The first-order valence-corrected chi connectivity index (χ1v) is 12.0. The molecule has 0 saturated carbocycles. The number of pyridine rings is 3. The fourth-order valence-corrected chi connectivity index (χ4v) is 6.47. The van der Waals surface area contributed by atoms with Crippen molar-refractivity contribution < 1.29 is 0 Å². The molecule has 4 heteroatoms. The summed E-state index contributed by atoms with van der Waals surface area (Å²) in [5.74, 6) is 0. The van der Waals surface area contributed by atoms with E-state index < -0.39 is 0 Å². The molecule has 0 radical (unpaired) electrons. The fourth-order valence-electron chi connectivity index (χ4n) is 6.47. The van der Waals surface area contributed by atoms with Gasteiger partial charge in [0.25, 0.3) is 0 Å². The molecule has 0 aliphatic heterocycles. The molecule has 0 spiro atoms. The van der Waals surface area contributed by atoms with Gasteiger partial charge in [-0.3, -0.25) is 9.38 Å². The smallest absolute Gasteiger partial charge is 0.178 e. The van der Waals surface area contributed by atoms with Crippen LogP contribution in [0.15, 0.2) is 85.2 Å². The summed E-state index contributed by atoms with van der Waals surface area (Å²) in [5.41, 5.74) is 15.9. The Labute approximate surface area is 200 Å². The van der Waals surface area contributed by atoms with Gasteiger partial charge in [0, 0.05) is 23.2 Å². The van der Waals surface area contributed by atoms with Gasteiger partial charge >= 0.3 is 0 Å². The van der Waals surface area contributed by atoms with Gasteiger partial charge in [-0.2, -0.15) is 0 Å². The summed E-state index contributed by atoms with van der Waals surface area (Å²) in [6.07, 6.45) is 5.63. The third-order valence-electron chi connectivity index (χ3n) is 7.92. The minimum atomic E-state index is 0.772. The van der Waals surface area contributed by atoms with Crippen molar-refractivity contribution in [3.05, 3.63) is 107 Å². The van der Waals surface area contributed by atoms with Crippen LogP contribution in [0.25, 0.3) is 60.9 Å². The van der Waals surface area contributed by atoms with Crippen molar-refractivity contribution in [3.8, 4) is 22.3 Å². The standard InChI is InChI=1S/C31H18N4/c1-2-6-20-17(5-1)13-18-14-19-15-25-21(24(19)16-23(18)20)9-10-22-28(25)31-34-30-27(8-4-12-33-30)35(31)26-7-3-11-32-29(22)26/h1-12,14,16H,13,15H2. The summed E-state index contributed by atoms with van der Waals surface area (Å²) in [6, 6.07) is 26.4. The van der Waals surface area contributed by atoms with Crippen LogP contribution in [0.5, 0.6) is 0 Å². The second-order valence-corrected chi connectivity index (χ2v) is 9.68. The van der Waals surface area contributed by atoms with Crippen molar-refractivity contribution in [1.82, 2.24) is 19.4 Å². The number of nitrogens with zero attached hydrogens (tertiary/aromatic N) is 4. The molecule has 4 aromatic heterocycles. The van der Waals surface area contributed by atoms with E-state index in [0.717, 1.165) is 46.1 Å². The maximum atomic E-state index is 5.05. The largest absolute Gasteiger partial charge is 0.288 e. The molecule has 0 atom stereocenters. The Morgan fingerprint density at radius 2 is 1.46 bits per heavy atom. The van der Waals surface area contributed by atoms with Gasteiger partial charge in [-0.25, -0.2) is 9.97 Å². The van der Waals surface area contributed by atoms with Crippen LogP contribution in [-0.2, 0) is 12.8 Å². The Bertz CT molecular complexity index is 2070. The van der Waals surface area contributed by atoms with E-state index in [1.165, 1.54) is 49.9 Å². The Kier molecular flexibility index (Phi) is 3.11. The molecule has 0 unspecified atom stereocenters. The molecule has 3 aromatic carbocycles. The van der Waals surface area contributed by atoms with Gasteiger partial charge in [-0.05, 0) is 87.7 Å². The minimum absolute atomic E-state index is 0.772. The molecule has 2 aliphatic rings. The highest BCUT2D eigenvalue weighted by Gasteiger charge is 2.28. The van der Waals surface area contributed by atoms with E-state index in [0.29, 0.717) is 0 Å². The number of imidazole rings is 1. The van der Waals surface area contributed by atoms with Crippen LogP contribution < -0.4 is 0 Å². The summed E-state index contributed by atoms with van der Waals surface area (Å²) in [5, 5.41) is 2.36. The number of hydrogen-bond acceptors (Lipinski definition) is 3. The van der Waals surface area contributed by atoms with Crippen LogP contribution in [0.4, 0.5) is 0 Å². The zero-order chi connectivity index (χ0) is 22.7. The van der Waals surface area contributed by atoms with Gasteiger partial charge in [0.1, 0.15) is 5.65 Å². The maximum Gasteiger partial charge on any atom is 0.178 e. The average molecular weight is 447 g/mol. The highest BCUT2D eigenvalue weighted by atomic mass is 15.1. The van der Waals surface area contributed by atoms with E-state index >= 15 is 0 Å². The molecule has 4 heterocycles. The highest BCUT2D eigenvalue weighted by Crippen LogP contribution is 2.47. The number of rotatable bonds is 0. The van der Waals surface area contributed by atoms with Gasteiger partial charge in [0.05, 0.1) is 16.6 Å². The van der Waals surface area contributed by atoms with Crippen LogP contribution in [0.2, 0.25) is 0 Å². The van der Waals surface area contributed by atoms with Crippen LogP contribution in [0, 0.1) is 0 Å². The lowest BCUT2D eigenvalue weighted by atomic mass is 9.96. The second kappa shape index (κ2) is 6.10. The average Bonchev–Trinajstić information content (AvgIpc) is 3.58. The summed E-state index contributed by atoms with van der Waals surface area (Å²) in [4.78, 5) is 14.5. The SMILES string of the molecule is c1ccc2c(c1)Cc1cc3c(cc1-2)-c1ccc2c4ncccc4n4c5cccnc5nc4c2c1C3. The van der Waals surface area contributed by atoms with Crippen LogP contribution in [-0.4, -0.2) is 19.4 Å². The normalized spacial score (nSPS) is 13.5. The second-order valence-electron chi connectivity index (χ2n) is 9.68. The number of hydrogen-bond donors (Lipinski definition) is 0. The van der Waals surface area contributed by atoms with Crippen molar-refractivity contribution in [2.24, 2.45) is 0 Å². The zero-order valence-electron chi connectivity index (χ0n) is 18.8. The number of fused-ring (bicyclic) bond motifs is 15. The first kappa shape index (κ1) is 17.8. The number of benzene rings is 3. The monoisotopic (exact) mass is 446 g/mol. The predicted molar refractivity (Wildman–Crippen MR) is 140 cm³/mol. The Morgan fingerprint density at radius 1 is 0.629 bits per heavy atom. The topological polar surface area (TPSA) is 43.1 Å². The van der Waals surface area contributed by atoms with Gasteiger partial charge < -0.3 is 0 Å². The van der Waals surface area contributed by atoms with E-state index in [4.69, 9.17) is 9.97 Å². The molecule has 0 fully saturated rings. The molecule has 2 aliphatic carbocycles. The third kappa shape index (κ3) is 2.15. The summed E-state index contributed by atoms with van der Waals surface area (Å²) < 4.78 is 2.24. The molecule has 0 amide bonds. The van der Waals surface area contributed by atoms with E-state index in [1.807, 2.05) is 24.5 Å². The van der Waals surface area contributed by atoms with Crippen LogP contribution in [0.1, 0.15) is 22.3 Å². The van der Waals surface area contributed by atoms with E-state index in [9.17, 15) is 0 Å². The van der Waals surface area contributed by atoms with E-state index in [2.05, 4.69) is 70.0 Å². The molecule has 0 bridgehead atoms. The van der Waals surface area contributed by atoms with E-state index in [1.54, 1.807) is 0 Å². The first-order chi connectivity index (χ1) is 17.3. The van der Waals surface area contributed by atoms with Crippen LogP contribution in [0.3, 0.4) is 0 Å². The van der Waals surface area contributed by atoms with Crippen molar-refractivity contribution in [2.75, 3.05) is 0 Å². The highest BCUT2D eigenvalue weighted by molar-refractivity contribution is 6.15. The van der Waals surface area contributed by atoms with Gasteiger partial charge in [0.2, 0.25) is 0 Å². The minimum Gasteiger partial charge on any atom is -0.288 e. The Hall–Kier alpha value is -4.57. The molecule has 7 aromatic rings. The predicted octanol–water partition coefficient (Wildman–Crippen LogP) is 6.73. The van der Waals surface area contributed by atoms with Gasteiger partial charge in [0.15, 0.2) is 5.65 Å². The summed E-state index contributed by atoms with van der Waals surface area (Å²) in [7, 11) is 0. The first-order valence-electron chi connectivity index (χ1n) is 12.0. The lowest BCUT2D eigenvalue weighted by Gasteiger charge is -2.12. The molecule has 9 rings (SSSR count). The van der Waals surface area contributed by atoms with Crippen molar-refractivity contribution in [1.29, 1.82) is 0 Å². The third-order valence-corrected chi connectivity index (χ3v) is 7.92. The van der Waals surface area contributed by atoms with Crippen molar-refractivity contribution in [2.45, 2.75) is 12.8 Å². The van der Waals surface area contributed by atoms with Crippen LogP contribution >= 0.6 is 0 Å². The summed E-state index contributed by atoms with van der Waals surface area (Å²) in [6.45, 7) is 0. The quantitative estimate of drug-likeness (QED) is 0.243. The molecule has 35 heavy (non-hydrogen) atoms. The molecule has 0 N–H and O–H groups in total. The maximum absolute atomic E-state index is 5.05. The van der Waals surface area contributed by atoms with Gasteiger partial charge in [-0.15, -0.1) is 0 Å². The number of aromatic nitrogens is 4. The summed E-state index contributed by atoms with van der Waals surface area (Å²) >= 11 is 0. The molecule has 0 saturated heterocycles. The Morgan fingerprint density at radius 3 is 2.43 bits per heavy atom. The molecule has 162 valence electrons. The lowest BCUT2D eigenvalue weighted by molar-refractivity contribution is 1.22. The molecule has 4 nitrogen and oxygen atoms in total. The zero-order valence-corrected chi connectivity index (χ0v) is 18.8. The molecular weight excluding hydrogens is 428 g/mol. The van der Waals surface area contributed by atoms with Crippen molar-refractivity contribution in [3.63, 3.8) is 0 Å². The lowest BCUT2D eigenvalue weighted by Crippen LogP contribution is -1.96.